The minimum Gasteiger partial charge on any atom is -0.494 e. The van der Waals surface area contributed by atoms with E-state index in [1.165, 1.54) is 0 Å². The maximum absolute atomic E-state index is 11.9. The average molecular weight is 339 g/mol. The molecule has 1 aromatic heterocycles. The van der Waals surface area contributed by atoms with Crippen LogP contribution in [0.2, 0.25) is 5.02 Å². The van der Waals surface area contributed by atoms with Crippen molar-refractivity contribution in [3.63, 3.8) is 0 Å². The molecule has 0 radical (unpaired) electrons. The Morgan fingerprint density at radius 1 is 1.08 bits per heavy atom. The van der Waals surface area contributed by atoms with Gasteiger partial charge in [-0.3, -0.25) is 4.79 Å². The van der Waals surface area contributed by atoms with E-state index in [4.69, 9.17) is 21.4 Å². The Labute approximate surface area is 144 Å². The summed E-state index contributed by atoms with van der Waals surface area (Å²) in [5.41, 5.74) is 4.60. The molecule has 0 amide bonds. The first-order chi connectivity index (χ1) is 11.7. The maximum Gasteiger partial charge on any atom is 0.144 e. The van der Waals surface area contributed by atoms with E-state index in [2.05, 4.69) is 0 Å². The SMILES string of the molecule is COc1ccccc1-n1nc2c(c1-c1ccc(Cl)cc1)CC(=O)C2. The molecule has 0 N–H and O–H groups in total. The van der Waals surface area contributed by atoms with E-state index in [1.807, 2.05) is 53.2 Å². The maximum atomic E-state index is 11.9. The van der Waals surface area contributed by atoms with Gasteiger partial charge in [-0.1, -0.05) is 35.9 Å². The average Bonchev–Trinajstić information content (AvgIpc) is 3.11. The molecule has 3 aromatic rings. The largest absolute Gasteiger partial charge is 0.494 e. The van der Waals surface area contributed by atoms with Gasteiger partial charge in [0.25, 0.3) is 0 Å². The van der Waals surface area contributed by atoms with Crippen molar-refractivity contribution in [2.45, 2.75) is 12.8 Å². The van der Waals surface area contributed by atoms with Gasteiger partial charge in [-0.05, 0) is 24.3 Å². The van der Waals surface area contributed by atoms with Gasteiger partial charge in [0.15, 0.2) is 0 Å². The van der Waals surface area contributed by atoms with Crippen molar-refractivity contribution in [2.24, 2.45) is 0 Å². The highest BCUT2D eigenvalue weighted by molar-refractivity contribution is 6.30. The molecule has 0 bridgehead atoms. The number of carbonyl (C=O) groups is 1. The smallest absolute Gasteiger partial charge is 0.144 e. The summed E-state index contributed by atoms with van der Waals surface area (Å²) < 4.78 is 7.36. The molecule has 0 spiro atoms. The number of benzene rings is 2. The van der Waals surface area contributed by atoms with Crippen LogP contribution in [0, 0.1) is 0 Å². The van der Waals surface area contributed by atoms with Crippen LogP contribution in [0.25, 0.3) is 16.9 Å². The lowest BCUT2D eigenvalue weighted by atomic mass is 10.1. The van der Waals surface area contributed by atoms with Crippen molar-refractivity contribution in [1.29, 1.82) is 0 Å². The number of nitrogens with zero attached hydrogens (tertiary/aromatic N) is 2. The Morgan fingerprint density at radius 2 is 1.83 bits per heavy atom. The Kier molecular flexibility index (Phi) is 3.62. The Balaban J connectivity index is 1.97. The summed E-state index contributed by atoms with van der Waals surface area (Å²) in [5, 5.41) is 5.38. The molecule has 0 fully saturated rings. The number of aromatic nitrogens is 2. The zero-order valence-electron chi connectivity index (χ0n) is 13.1. The van der Waals surface area contributed by atoms with Crippen LogP contribution in [0.15, 0.2) is 48.5 Å². The number of fused-ring (bicyclic) bond motifs is 1. The number of hydrogen-bond donors (Lipinski definition) is 0. The quantitative estimate of drug-likeness (QED) is 0.728. The summed E-state index contributed by atoms with van der Waals surface area (Å²) in [5.74, 6) is 0.940. The molecule has 0 unspecified atom stereocenters. The Morgan fingerprint density at radius 3 is 2.58 bits per heavy atom. The molecular formula is C19H15ClN2O2. The number of rotatable bonds is 3. The van der Waals surface area contributed by atoms with Crippen molar-refractivity contribution in [2.75, 3.05) is 7.11 Å². The van der Waals surface area contributed by atoms with Crippen molar-refractivity contribution in [3.05, 3.63) is 64.8 Å². The number of ketones is 1. The number of Topliss-reactive ketones (excluding diaryl/α,β-unsaturated/α-hetero) is 1. The van der Waals surface area contributed by atoms with Crippen LogP contribution in [-0.2, 0) is 17.6 Å². The van der Waals surface area contributed by atoms with E-state index in [0.29, 0.717) is 17.9 Å². The van der Waals surface area contributed by atoms with Crippen LogP contribution < -0.4 is 4.74 Å². The van der Waals surface area contributed by atoms with Gasteiger partial charge in [-0.15, -0.1) is 0 Å². The molecular weight excluding hydrogens is 324 g/mol. The van der Waals surface area contributed by atoms with Crippen LogP contribution in [0.5, 0.6) is 5.75 Å². The van der Waals surface area contributed by atoms with E-state index in [1.54, 1.807) is 7.11 Å². The van der Waals surface area contributed by atoms with Crippen LogP contribution >= 0.6 is 11.6 Å². The third-order valence-corrected chi connectivity index (χ3v) is 4.49. The molecule has 1 aliphatic rings. The molecule has 1 aliphatic carbocycles. The van der Waals surface area contributed by atoms with Crippen molar-refractivity contribution < 1.29 is 9.53 Å². The first-order valence-corrected chi connectivity index (χ1v) is 8.07. The number of methoxy groups -OCH3 is 1. The molecule has 5 heteroatoms. The first kappa shape index (κ1) is 15.0. The standard InChI is InChI=1S/C19H15ClN2O2/c1-24-18-5-3-2-4-17(18)22-19(12-6-8-13(20)9-7-12)15-10-14(23)11-16(15)21-22/h2-9H,10-11H2,1H3. The van der Waals surface area contributed by atoms with E-state index in [-0.39, 0.29) is 5.78 Å². The lowest BCUT2D eigenvalue weighted by molar-refractivity contribution is -0.117. The molecule has 0 saturated carbocycles. The minimum atomic E-state index is 0.204. The molecule has 4 nitrogen and oxygen atoms in total. The fourth-order valence-corrected chi connectivity index (χ4v) is 3.28. The van der Waals surface area contributed by atoms with Crippen molar-refractivity contribution in [3.8, 4) is 22.7 Å². The summed E-state index contributed by atoms with van der Waals surface area (Å²) in [6, 6.07) is 15.3. The van der Waals surface area contributed by atoms with Crippen molar-refractivity contribution in [1.82, 2.24) is 9.78 Å². The summed E-state index contributed by atoms with van der Waals surface area (Å²) >= 11 is 6.02. The topological polar surface area (TPSA) is 44.1 Å². The second-order valence-electron chi connectivity index (χ2n) is 5.76. The number of para-hydroxylation sites is 2. The number of hydrogen-bond acceptors (Lipinski definition) is 3. The fraction of sp³-hybridized carbons (Fsp3) is 0.158. The minimum absolute atomic E-state index is 0.204. The van der Waals surface area contributed by atoms with E-state index < -0.39 is 0 Å². The Hall–Kier alpha value is -2.59. The molecule has 0 saturated heterocycles. The highest BCUT2D eigenvalue weighted by Crippen LogP contribution is 2.36. The summed E-state index contributed by atoms with van der Waals surface area (Å²) in [7, 11) is 1.64. The number of ether oxygens (including phenoxy) is 1. The summed E-state index contributed by atoms with van der Waals surface area (Å²) in [6.07, 6.45) is 0.806. The third kappa shape index (κ3) is 2.39. The normalized spacial score (nSPS) is 13.2. The Bertz CT molecular complexity index is 929. The van der Waals surface area contributed by atoms with Crippen LogP contribution in [-0.4, -0.2) is 22.7 Å². The highest BCUT2D eigenvalue weighted by Gasteiger charge is 2.29. The van der Waals surface area contributed by atoms with Gasteiger partial charge in [0.2, 0.25) is 0 Å². The predicted molar refractivity (Wildman–Crippen MR) is 93.0 cm³/mol. The molecule has 0 aliphatic heterocycles. The van der Waals surface area contributed by atoms with E-state index >= 15 is 0 Å². The third-order valence-electron chi connectivity index (χ3n) is 4.24. The number of halogens is 1. The predicted octanol–water partition coefficient (Wildman–Crippen LogP) is 3.87. The zero-order chi connectivity index (χ0) is 16.7. The lowest BCUT2D eigenvalue weighted by Gasteiger charge is -2.13. The monoisotopic (exact) mass is 338 g/mol. The van der Waals surface area contributed by atoms with Gasteiger partial charge in [0, 0.05) is 22.6 Å². The molecule has 4 rings (SSSR count). The van der Waals surface area contributed by atoms with Gasteiger partial charge in [-0.25, -0.2) is 4.68 Å². The van der Waals surface area contributed by atoms with E-state index in [0.717, 1.165) is 34.0 Å². The van der Waals surface area contributed by atoms with Crippen LogP contribution in [0.1, 0.15) is 11.3 Å². The van der Waals surface area contributed by atoms with Crippen LogP contribution in [0.3, 0.4) is 0 Å². The molecule has 1 heterocycles. The van der Waals surface area contributed by atoms with Gasteiger partial charge in [0.05, 0.1) is 24.9 Å². The summed E-state index contributed by atoms with van der Waals surface area (Å²) in [6.45, 7) is 0. The number of carbonyl (C=O) groups excluding carboxylic acids is 1. The second-order valence-corrected chi connectivity index (χ2v) is 6.19. The zero-order valence-corrected chi connectivity index (χ0v) is 13.9. The van der Waals surface area contributed by atoms with E-state index in [9.17, 15) is 4.79 Å². The van der Waals surface area contributed by atoms with Crippen LogP contribution in [0.4, 0.5) is 0 Å². The fourth-order valence-electron chi connectivity index (χ4n) is 3.15. The van der Waals surface area contributed by atoms with Gasteiger partial charge in [0.1, 0.15) is 17.2 Å². The molecule has 2 aromatic carbocycles. The van der Waals surface area contributed by atoms with Gasteiger partial charge >= 0.3 is 0 Å². The highest BCUT2D eigenvalue weighted by atomic mass is 35.5. The van der Waals surface area contributed by atoms with Gasteiger partial charge in [-0.2, -0.15) is 5.10 Å². The molecule has 0 atom stereocenters. The molecule has 120 valence electrons. The first-order valence-electron chi connectivity index (χ1n) is 7.69. The van der Waals surface area contributed by atoms with Crippen molar-refractivity contribution >= 4 is 17.4 Å². The summed E-state index contributed by atoms with van der Waals surface area (Å²) in [4.78, 5) is 11.9. The van der Waals surface area contributed by atoms with Gasteiger partial charge < -0.3 is 4.74 Å². The lowest BCUT2D eigenvalue weighted by Crippen LogP contribution is -2.06. The second kappa shape index (κ2) is 5.80. The molecule has 24 heavy (non-hydrogen) atoms.